The Morgan fingerprint density at radius 1 is 1.04 bits per heavy atom. The first-order valence-corrected chi connectivity index (χ1v) is 8.80. The molecule has 0 saturated carbocycles. The highest BCUT2D eigenvalue weighted by atomic mass is 32.2. The Kier molecular flexibility index (Phi) is 4.47. The number of benzene rings is 3. The third kappa shape index (κ3) is 3.54. The predicted molar refractivity (Wildman–Crippen MR) is 97.1 cm³/mol. The standard InChI is InChI=1S/C16H12N4O6S/c17-13-3-1-2-11-12(13)8-14(27(24,25)26)15(16(11)21)19-18-9-4-6-10(7-5-9)20(22)23/h1-8,21H,17H2,(H,24,25,26). The van der Waals surface area contributed by atoms with Crippen molar-refractivity contribution in [1.29, 1.82) is 0 Å². The lowest BCUT2D eigenvalue weighted by Crippen LogP contribution is -2.00. The molecule has 0 amide bonds. The van der Waals surface area contributed by atoms with Crippen LogP contribution in [-0.2, 0) is 10.1 Å². The molecule has 4 N–H and O–H groups in total. The molecule has 0 aliphatic rings. The van der Waals surface area contributed by atoms with Crippen LogP contribution in [0.2, 0.25) is 0 Å². The van der Waals surface area contributed by atoms with E-state index in [0.717, 1.165) is 6.07 Å². The summed E-state index contributed by atoms with van der Waals surface area (Å²) in [5, 5.41) is 29.0. The maximum Gasteiger partial charge on any atom is 0.296 e. The third-order valence-corrected chi connectivity index (χ3v) is 4.60. The van der Waals surface area contributed by atoms with Crippen LogP contribution in [0, 0.1) is 10.1 Å². The van der Waals surface area contributed by atoms with E-state index in [4.69, 9.17) is 5.73 Å². The second-order valence-corrected chi connectivity index (χ2v) is 6.85. The van der Waals surface area contributed by atoms with Gasteiger partial charge in [-0.05, 0) is 24.3 Å². The van der Waals surface area contributed by atoms with Gasteiger partial charge in [0.2, 0.25) is 0 Å². The Bertz CT molecular complexity index is 1190. The van der Waals surface area contributed by atoms with Crippen molar-refractivity contribution >= 4 is 43.6 Å². The Morgan fingerprint density at radius 2 is 1.70 bits per heavy atom. The molecule has 3 rings (SSSR count). The molecule has 0 atom stereocenters. The highest BCUT2D eigenvalue weighted by molar-refractivity contribution is 7.86. The van der Waals surface area contributed by atoms with Crippen LogP contribution >= 0.6 is 0 Å². The van der Waals surface area contributed by atoms with Gasteiger partial charge in [0.15, 0.2) is 5.75 Å². The van der Waals surface area contributed by atoms with E-state index in [9.17, 15) is 28.2 Å². The fourth-order valence-corrected chi connectivity index (χ4v) is 3.08. The van der Waals surface area contributed by atoms with Crippen molar-refractivity contribution in [2.45, 2.75) is 4.90 Å². The largest absolute Gasteiger partial charge is 0.505 e. The van der Waals surface area contributed by atoms with Gasteiger partial charge >= 0.3 is 0 Å². The van der Waals surface area contributed by atoms with Crippen LogP contribution in [0.15, 0.2) is 63.7 Å². The van der Waals surface area contributed by atoms with Gasteiger partial charge in [0.1, 0.15) is 10.6 Å². The number of nitrogens with two attached hydrogens (primary N) is 1. The van der Waals surface area contributed by atoms with Crippen molar-refractivity contribution < 1.29 is 23.0 Å². The SMILES string of the molecule is Nc1cccc2c(O)c(N=Nc3ccc([N+](=O)[O-])cc3)c(S(=O)(=O)O)cc12. The normalized spacial score (nSPS) is 11.9. The van der Waals surface area contributed by atoms with Crippen molar-refractivity contribution in [2.24, 2.45) is 10.2 Å². The molecule has 0 spiro atoms. The molecule has 11 heteroatoms. The van der Waals surface area contributed by atoms with Gasteiger partial charge in [-0.1, -0.05) is 12.1 Å². The smallest absolute Gasteiger partial charge is 0.296 e. The molecule has 0 bridgehead atoms. The molecule has 0 radical (unpaired) electrons. The minimum Gasteiger partial charge on any atom is -0.505 e. The molecule has 3 aromatic carbocycles. The second kappa shape index (κ2) is 6.63. The molecule has 138 valence electrons. The number of hydrogen-bond donors (Lipinski definition) is 3. The van der Waals surface area contributed by atoms with Gasteiger partial charge in [-0.3, -0.25) is 14.7 Å². The average Bonchev–Trinajstić information content (AvgIpc) is 2.61. The van der Waals surface area contributed by atoms with Gasteiger partial charge in [0.25, 0.3) is 15.8 Å². The number of aromatic hydroxyl groups is 1. The van der Waals surface area contributed by atoms with E-state index in [2.05, 4.69) is 10.2 Å². The first-order valence-electron chi connectivity index (χ1n) is 7.36. The van der Waals surface area contributed by atoms with Crippen LogP contribution in [0.4, 0.5) is 22.7 Å². The van der Waals surface area contributed by atoms with Crippen LogP contribution in [0.25, 0.3) is 10.8 Å². The van der Waals surface area contributed by atoms with E-state index in [-0.39, 0.29) is 27.8 Å². The Morgan fingerprint density at radius 3 is 2.30 bits per heavy atom. The monoisotopic (exact) mass is 388 g/mol. The van der Waals surface area contributed by atoms with Gasteiger partial charge in [0.05, 0.1) is 10.6 Å². The van der Waals surface area contributed by atoms with E-state index in [0.29, 0.717) is 0 Å². The number of nitrogens with zero attached hydrogens (tertiary/aromatic N) is 3. The fourth-order valence-electron chi connectivity index (χ4n) is 2.44. The summed E-state index contributed by atoms with van der Waals surface area (Å²) in [4.78, 5) is 9.40. The number of nitro groups is 1. The summed E-state index contributed by atoms with van der Waals surface area (Å²) < 4.78 is 32.9. The van der Waals surface area contributed by atoms with Gasteiger partial charge in [-0.2, -0.15) is 13.5 Å². The number of rotatable bonds is 4. The number of nitrogen functional groups attached to an aromatic ring is 1. The van der Waals surface area contributed by atoms with Crippen molar-refractivity contribution in [1.82, 2.24) is 0 Å². The van der Waals surface area contributed by atoms with E-state index in [1.807, 2.05) is 0 Å². The second-order valence-electron chi connectivity index (χ2n) is 5.46. The average molecular weight is 388 g/mol. The van der Waals surface area contributed by atoms with Crippen LogP contribution in [0.5, 0.6) is 5.75 Å². The lowest BCUT2D eigenvalue weighted by atomic mass is 10.1. The maximum absolute atomic E-state index is 11.7. The topological polar surface area (TPSA) is 168 Å². The third-order valence-electron chi connectivity index (χ3n) is 3.73. The number of anilines is 1. The van der Waals surface area contributed by atoms with Crippen molar-refractivity contribution in [3.05, 3.63) is 58.6 Å². The number of non-ortho nitro benzene ring substituents is 1. The molecule has 0 aliphatic carbocycles. The Hall–Kier alpha value is -3.57. The number of nitro benzene ring substituents is 1. The highest BCUT2D eigenvalue weighted by Gasteiger charge is 2.22. The molecule has 0 aromatic heterocycles. The van der Waals surface area contributed by atoms with Crippen LogP contribution in [-0.4, -0.2) is 23.0 Å². The molecule has 3 aromatic rings. The van der Waals surface area contributed by atoms with Crippen LogP contribution < -0.4 is 5.73 Å². The number of phenols is 1. The molecular formula is C16H12N4O6S. The summed E-state index contributed by atoms with van der Waals surface area (Å²) in [5.74, 6) is -0.530. The van der Waals surface area contributed by atoms with Gasteiger partial charge in [-0.25, -0.2) is 0 Å². The van der Waals surface area contributed by atoms with E-state index in [1.165, 1.54) is 36.4 Å². The predicted octanol–water partition coefficient (Wildman–Crippen LogP) is 3.70. The lowest BCUT2D eigenvalue weighted by molar-refractivity contribution is -0.384. The van der Waals surface area contributed by atoms with E-state index >= 15 is 0 Å². The Balaban J connectivity index is 2.17. The molecule has 0 fully saturated rings. The molecule has 0 unspecified atom stereocenters. The number of azo groups is 1. The minimum atomic E-state index is -4.75. The zero-order chi connectivity index (χ0) is 19.8. The zero-order valence-electron chi connectivity index (χ0n) is 13.5. The molecule has 0 aliphatic heterocycles. The first-order chi connectivity index (χ1) is 12.7. The molecular weight excluding hydrogens is 376 g/mol. The van der Waals surface area contributed by atoms with Crippen molar-refractivity contribution in [3.8, 4) is 5.75 Å². The molecule has 0 heterocycles. The minimum absolute atomic E-state index is 0.156. The quantitative estimate of drug-likeness (QED) is 0.201. The molecule has 10 nitrogen and oxygen atoms in total. The Labute approximate surface area is 152 Å². The maximum atomic E-state index is 11.7. The van der Waals surface area contributed by atoms with Gasteiger partial charge in [0, 0.05) is 28.6 Å². The summed E-state index contributed by atoms with van der Waals surface area (Å²) in [6.45, 7) is 0. The summed E-state index contributed by atoms with van der Waals surface area (Å²) in [5.41, 5.74) is 5.54. The fraction of sp³-hybridized carbons (Fsp3) is 0. The summed E-state index contributed by atoms with van der Waals surface area (Å²) in [7, 11) is -4.75. The molecule has 27 heavy (non-hydrogen) atoms. The summed E-state index contributed by atoms with van der Waals surface area (Å²) in [6.07, 6.45) is 0. The summed E-state index contributed by atoms with van der Waals surface area (Å²) in [6, 6.07) is 10.6. The van der Waals surface area contributed by atoms with E-state index < -0.39 is 31.4 Å². The van der Waals surface area contributed by atoms with Gasteiger partial charge < -0.3 is 10.8 Å². The van der Waals surface area contributed by atoms with E-state index in [1.54, 1.807) is 6.07 Å². The van der Waals surface area contributed by atoms with Crippen LogP contribution in [0.3, 0.4) is 0 Å². The first kappa shape index (κ1) is 18.2. The zero-order valence-corrected chi connectivity index (χ0v) is 14.3. The number of phenolic OH excluding ortho intramolecular Hbond substituents is 1. The number of hydrogen-bond acceptors (Lipinski definition) is 8. The van der Waals surface area contributed by atoms with Crippen molar-refractivity contribution in [3.63, 3.8) is 0 Å². The molecule has 0 saturated heterocycles. The number of fused-ring (bicyclic) bond motifs is 1. The van der Waals surface area contributed by atoms with Crippen LogP contribution in [0.1, 0.15) is 0 Å². The van der Waals surface area contributed by atoms with Gasteiger partial charge in [-0.15, -0.1) is 5.11 Å². The highest BCUT2D eigenvalue weighted by Crippen LogP contribution is 2.42. The summed E-state index contributed by atoms with van der Waals surface area (Å²) >= 11 is 0. The lowest BCUT2D eigenvalue weighted by Gasteiger charge is -2.10. The van der Waals surface area contributed by atoms with Crippen molar-refractivity contribution in [2.75, 3.05) is 5.73 Å².